The maximum Gasteiger partial charge on any atom is 0.319 e. The molecule has 0 aliphatic heterocycles. The van der Waals surface area contributed by atoms with Gasteiger partial charge in [0.25, 0.3) is 5.91 Å². The Hall–Kier alpha value is -2.24. The Labute approximate surface area is 143 Å². The summed E-state index contributed by atoms with van der Waals surface area (Å²) in [7, 11) is 3.36. The van der Waals surface area contributed by atoms with Crippen molar-refractivity contribution in [3.8, 4) is 5.75 Å². The van der Waals surface area contributed by atoms with Gasteiger partial charge in [-0.3, -0.25) is 4.79 Å². The van der Waals surface area contributed by atoms with Crippen LogP contribution in [-0.4, -0.2) is 44.1 Å². The monoisotopic (exact) mass is 333 g/mol. The molecular formula is C18H27N3O3. The predicted molar refractivity (Wildman–Crippen MR) is 94.2 cm³/mol. The van der Waals surface area contributed by atoms with E-state index in [0.717, 1.165) is 12.8 Å². The Morgan fingerprint density at radius 2 is 1.96 bits per heavy atom. The summed E-state index contributed by atoms with van der Waals surface area (Å²) in [6.07, 6.45) is 4.81. The van der Waals surface area contributed by atoms with Crippen LogP contribution in [0.4, 0.5) is 10.5 Å². The Bertz CT molecular complexity index is 581. The quantitative estimate of drug-likeness (QED) is 0.841. The summed E-state index contributed by atoms with van der Waals surface area (Å²) < 4.78 is 5.45. The largest absolute Gasteiger partial charge is 0.484 e. The van der Waals surface area contributed by atoms with Crippen molar-refractivity contribution >= 4 is 17.6 Å². The van der Waals surface area contributed by atoms with Gasteiger partial charge in [-0.05, 0) is 30.4 Å². The molecule has 1 aliphatic carbocycles. The van der Waals surface area contributed by atoms with Gasteiger partial charge in [0.1, 0.15) is 5.75 Å². The van der Waals surface area contributed by atoms with Crippen LogP contribution in [0.1, 0.15) is 32.6 Å². The van der Waals surface area contributed by atoms with Crippen molar-refractivity contribution in [2.75, 3.05) is 32.6 Å². The molecule has 1 saturated carbocycles. The van der Waals surface area contributed by atoms with Crippen molar-refractivity contribution in [2.24, 2.45) is 5.41 Å². The number of hydrogen-bond acceptors (Lipinski definition) is 3. The lowest BCUT2D eigenvalue weighted by molar-refractivity contribution is -0.130. The van der Waals surface area contributed by atoms with Crippen LogP contribution in [0.3, 0.4) is 0 Å². The van der Waals surface area contributed by atoms with Crippen LogP contribution in [0.2, 0.25) is 0 Å². The topological polar surface area (TPSA) is 70.7 Å². The average molecular weight is 333 g/mol. The van der Waals surface area contributed by atoms with Gasteiger partial charge in [-0.15, -0.1) is 0 Å². The van der Waals surface area contributed by atoms with E-state index in [2.05, 4.69) is 17.6 Å². The van der Waals surface area contributed by atoms with E-state index in [-0.39, 0.29) is 24.0 Å². The number of nitrogens with zero attached hydrogens (tertiary/aromatic N) is 1. The summed E-state index contributed by atoms with van der Waals surface area (Å²) in [5, 5.41) is 5.76. The fourth-order valence-corrected chi connectivity index (χ4v) is 2.81. The summed E-state index contributed by atoms with van der Waals surface area (Å²) in [4.78, 5) is 25.1. The fourth-order valence-electron chi connectivity index (χ4n) is 2.81. The summed E-state index contributed by atoms with van der Waals surface area (Å²) in [6, 6.07) is 6.82. The van der Waals surface area contributed by atoms with Gasteiger partial charge in [0.05, 0.1) is 0 Å². The molecule has 0 aromatic heterocycles. The number of carbonyl (C=O) groups excluding carboxylic acids is 2. The summed E-state index contributed by atoms with van der Waals surface area (Å²) in [6.45, 7) is 2.88. The van der Waals surface area contributed by atoms with Gasteiger partial charge in [-0.25, -0.2) is 4.79 Å². The molecule has 0 heterocycles. The molecule has 0 atom stereocenters. The second-order valence-electron chi connectivity index (χ2n) is 6.93. The third-order valence-corrected chi connectivity index (χ3v) is 4.44. The van der Waals surface area contributed by atoms with Gasteiger partial charge < -0.3 is 20.3 Å². The number of hydrogen-bond donors (Lipinski definition) is 2. The molecule has 0 saturated heterocycles. The number of carbonyl (C=O) groups is 2. The molecule has 2 rings (SSSR count). The second-order valence-corrected chi connectivity index (χ2v) is 6.93. The number of rotatable bonds is 6. The van der Waals surface area contributed by atoms with Crippen LogP contribution >= 0.6 is 0 Å². The minimum Gasteiger partial charge on any atom is -0.484 e. The third-order valence-electron chi connectivity index (χ3n) is 4.44. The SMILES string of the molecule is CN(C)C(=O)COc1cccc(NC(=O)NCC2(C)CCCC2)c1. The molecule has 1 aliphatic rings. The molecule has 0 radical (unpaired) electrons. The zero-order valence-corrected chi connectivity index (χ0v) is 14.7. The van der Waals surface area contributed by atoms with Crippen molar-refractivity contribution in [1.82, 2.24) is 10.2 Å². The lowest BCUT2D eigenvalue weighted by Gasteiger charge is -2.23. The van der Waals surface area contributed by atoms with Crippen molar-refractivity contribution in [2.45, 2.75) is 32.6 Å². The van der Waals surface area contributed by atoms with Crippen LogP contribution in [0.15, 0.2) is 24.3 Å². The molecule has 6 nitrogen and oxygen atoms in total. The lowest BCUT2D eigenvalue weighted by Crippen LogP contribution is -2.36. The van der Waals surface area contributed by atoms with Gasteiger partial charge in [0.2, 0.25) is 0 Å². The number of anilines is 1. The van der Waals surface area contributed by atoms with Gasteiger partial charge >= 0.3 is 6.03 Å². The van der Waals surface area contributed by atoms with E-state index in [4.69, 9.17) is 4.74 Å². The van der Waals surface area contributed by atoms with Crippen LogP contribution < -0.4 is 15.4 Å². The molecule has 0 unspecified atom stereocenters. The van der Waals surface area contributed by atoms with E-state index in [1.54, 1.807) is 38.4 Å². The highest BCUT2D eigenvalue weighted by atomic mass is 16.5. The van der Waals surface area contributed by atoms with E-state index in [1.165, 1.54) is 17.7 Å². The molecule has 6 heteroatoms. The molecule has 2 N–H and O–H groups in total. The lowest BCUT2D eigenvalue weighted by atomic mass is 9.89. The van der Waals surface area contributed by atoms with Crippen molar-refractivity contribution in [3.63, 3.8) is 0 Å². The molecule has 0 bridgehead atoms. The Morgan fingerprint density at radius 3 is 2.62 bits per heavy atom. The first-order valence-electron chi connectivity index (χ1n) is 8.36. The number of nitrogens with one attached hydrogen (secondary N) is 2. The van der Waals surface area contributed by atoms with E-state index in [1.807, 2.05) is 0 Å². The van der Waals surface area contributed by atoms with Gasteiger partial charge in [0.15, 0.2) is 6.61 Å². The third kappa shape index (κ3) is 5.44. The summed E-state index contributed by atoms with van der Waals surface area (Å²) in [5.74, 6) is 0.432. The Balaban J connectivity index is 1.82. The number of urea groups is 1. The van der Waals surface area contributed by atoms with Crippen molar-refractivity contribution in [1.29, 1.82) is 0 Å². The van der Waals surface area contributed by atoms with Crippen LogP contribution in [0.25, 0.3) is 0 Å². The Morgan fingerprint density at radius 1 is 1.25 bits per heavy atom. The van der Waals surface area contributed by atoms with E-state index >= 15 is 0 Å². The number of amides is 3. The van der Waals surface area contributed by atoms with Crippen LogP contribution in [0.5, 0.6) is 5.75 Å². The highest BCUT2D eigenvalue weighted by molar-refractivity contribution is 5.89. The predicted octanol–water partition coefficient (Wildman–Crippen LogP) is 2.86. The maximum atomic E-state index is 12.1. The molecule has 3 amide bonds. The highest BCUT2D eigenvalue weighted by Gasteiger charge is 2.28. The molecule has 24 heavy (non-hydrogen) atoms. The van der Waals surface area contributed by atoms with E-state index < -0.39 is 0 Å². The summed E-state index contributed by atoms with van der Waals surface area (Å²) in [5.41, 5.74) is 0.855. The van der Waals surface area contributed by atoms with E-state index in [0.29, 0.717) is 18.0 Å². The average Bonchev–Trinajstić information content (AvgIpc) is 2.98. The number of ether oxygens (including phenoxy) is 1. The van der Waals surface area contributed by atoms with Gasteiger partial charge in [0, 0.05) is 32.4 Å². The maximum absolute atomic E-state index is 12.1. The molecule has 1 aromatic rings. The molecule has 1 aromatic carbocycles. The first kappa shape index (κ1) is 18.1. The minimum atomic E-state index is -0.218. The Kier molecular flexibility index (Phi) is 6.06. The molecule has 0 spiro atoms. The van der Waals surface area contributed by atoms with Crippen molar-refractivity contribution in [3.05, 3.63) is 24.3 Å². The van der Waals surface area contributed by atoms with Crippen LogP contribution in [0, 0.1) is 5.41 Å². The number of benzene rings is 1. The first-order valence-corrected chi connectivity index (χ1v) is 8.36. The molecule has 1 fully saturated rings. The van der Waals surface area contributed by atoms with Crippen molar-refractivity contribution < 1.29 is 14.3 Å². The first-order chi connectivity index (χ1) is 11.4. The van der Waals surface area contributed by atoms with Crippen LogP contribution in [-0.2, 0) is 4.79 Å². The smallest absolute Gasteiger partial charge is 0.319 e. The van der Waals surface area contributed by atoms with Gasteiger partial charge in [-0.2, -0.15) is 0 Å². The van der Waals surface area contributed by atoms with Gasteiger partial charge in [-0.1, -0.05) is 25.8 Å². The highest BCUT2D eigenvalue weighted by Crippen LogP contribution is 2.36. The summed E-state index contributed by atoms with van der Waals surface area (Å²) >= 11 is 0. The number of likely N-dealkylation sites (N-methyl/N-ethyl adjacent to an activating group) is 1. The second kappa shape index (κ2) is 8.04. The van der Waals surface area contributed by atoms with E-state index in [9.17, 15) is 9.59 Å². The normalized spacial score (nSPS) is 15.6. The zero-order chi connectivity index (χ0) is 17.6. The molecular weight excluding hydrogens is 306 g/mol. The standard InChI is InChI=1S/C18H27N3O3/c1-18(9-4-5-10-18)13-19-17(23)20-14-7-6-8-15(11-14)24-12-16(22)21(2)3/h6-8,11H,4-5,9-10,12-13H2,1-3H3,(H2,19,20,23). The molecule has 132 valence electrons. The zero-order valence-electron chi connectivity index (χ0n) is 14.7. The minimum absolute atomic E-state index is 0.0268. The fraction of sp³-hybridized carbons (Fsp3) is 0.556.